The lowest BCUT2D eigenvalue weighted by atomic mass is 10.2. The molecule has 25 heavy (non-hydrogen) atoms. The predicted molar refractivity (Wildman–Crippen MR) is 92.1 cm³/mol. The molecule has 1 aromatic carbocycles. The van der Waals surface area contributed by atoms with Crippen LogP contribution in [0.15, 0.2) is 18.2 Å². The molecule has 0 radical (unpaired) electrons. The number of anilines is 1. The number of unbranched alkanes of at least 4 members (excludes halogenated alkanes) is 2. The number of ether oxygens (including phenoxy) is 2. The fourth-order valence-electron chi connectivity index (χ4n) is 2.03. The van der Waals surface area contributed by atoms with Gasteiger partial charge in [-0.2, -0.15) is 4.39 Å². The molecule has 140 valence electrons. The Hall–Kier alpha value is -2.22. The van der Waals surface area contributed by atoms with E-state index in [-0.39, 0.29) is 12.6 Å². The van der Waals surface area contributed by atoms with Gasteiger partial charge in [-0.25, -0.2) is 4.79 Å². The maximum Gasteiger partial charge on any atom is 0.332 e. The second kappa shape index (κ2) is 9.93. The van der Waals surface area contributed by atoms with Gasteiger partial charge in [-0.05, 0) is 46.1 Å². The van der Waals surface area contributed by atoms with E-state index in [9.17, 15) is 19.3 Å². The zero-order chi connectivity index (χ0) is 18.9. The van der Waals surface area contributed by atoms with Crippen molar-refractivity contribution in [2.24, 2.45) is 0 Å². The molecule has 8 heteroatoms. The summed E-state index contributed by atoms with van der Waals surface area (Å²) in [5, 5.41) is 13.5. The lowest BCUT2D eigenvalue weighted by molar-refractivity contribution is -0.387. The van der Waals surface area contributed by atoms with Crippen LogP contribution in [0.3, 0.4) is 0 Å². The highest BCUT2D eigenvalue weighted by atomic mass is 19.1. The summed E-state index contributed by atoms with van der Waals surface area (Å²) in [6.45, 7) is 6.42. The van der Waals surface area contributed by atoms with Crippen molar-refractivity contribution < 1.29 is 23.6 Å². The molecule has 1 N–H and O–H groups in total. The molecular weight excluding hydrogens is 331 g/mol. The highest BCUT2D eigenvalue weighted by molar-refractivity contribution is 5.71. The summed E-state index contributed by atoms with van der Waals surface area (Å²) in [5.41, 5.74) is -0.541. The Kier molecular flexibility index (Phi) is 8.27. The van der Waals surface area contributed by atoms with Gasteiger partial charge in [0.25, 0.3) is 0 Å². The standard InChI is InChI=1S/C17H25FN2O5/c1-17(2,3)25-16(21)12-24-10-6-4-5-9-19-13-7-8-15(20(22)23)14(18)11-13/h7-8,11,19H,4-6,9-10,12H2,1-3H3. The maximum absolute atomic E-state index is 13.4. The van der Waals surface area contributed by atoms with Gasteiger partial charge in [0.2, 0.25) is 5.82 Å². The van der Waals surface area contributed by atoms with Crippen LogP contribution in [0.25, 0.3) is 0 Å². The largest absolute Gasteiger partial charge is 0.458 e. The van der Waals surface area contributed by atoms with Crippen molar-refractivity contribution in [3.8, 4) is 0 Å². The second-order valence-corrected chi connectivity index (χ2v) is 6.55. The molecule has 7 nitrogen and oxygen atoms in total. The first kappa shape index (κ1) is 20.8. The maximum atomic E-state index is 13.4. The van der Waals surface area contributed by atoms with Gasteiger partial charge in [0, 0.05) is 31.0 Å². The number of nitrogens with one attached hydrogen (secondary N) is 1. The zero-order valence-corrected chi connectivity index (χ0v) is 14.8. The molecular formula is C17H25FN2O5. The van der Waals surface area contributed by atoms with E-state index in [1.54, 1.807) is 20.8 Å². The summed E-state index contributed by atoms with van der Waals surface area (Å²) in [6.07, 6.45) is 2.49. The fourth-order valence-corrected chi connectivity index (χ4v) is 2.03. The Morgan fingerprint density at radius 2 is 2.00 bits per heavy atom. The van der Waals surface area contributed by atoms with Gasteiger partial charge in [-0.1, -0.05) is 0 Å². The van der Waals surface area contributed by atoms with Crippen LogP contribution in [0.2, 0.25) is 0 Å². The first-order valence-corrected chi connectivity index (χ1v) is 8.16. The molecule has 0 heterocycles. The molecule has 0 spiro atoms. The monoisotopic (exact) mass is 356 g/mol. The van der Waals surface area contributed by atoms with E-state index in [4.69, 9.17) is 9.47 Å². The van der Waals surface area contributed by atoms with Crippen molar-refractivity contribution in [1.82, 2.24) is 0 Å². The number of hydrogen-bond acceptors (Lipinski definition) is 6. The van der Waals surface area contributed by atoms with Gasteiger partial charge >= 0.3 is 11.7 Å². The molecule has 0 aromatic heterocycles. The average Bonchev–Trinajstić information content (AvgIpc) is 2.47. The summed E-state index contributed by atoms with van der Waals surface area (Å²) in [4.78, 5) is 21.2. The Labute approximate surface area is 146 Å². The van der Waals surface area contributed by atoms with E-state index < -0.39 is 22.0 Å². The number of halogens is 1. The van der Waals surface area contributed by atoms with Crippen molar-refractivity contribution in [2.75, 3.05) is 25.1 Å². The molecule has 1 rings (SSSR count). The quantitative estimate of drug-likeness (QED) is 0.298. The number of nitro groups is 1. The minimum absolute atomic E-state index is 0.0579. The normalized spacial score (nSPS) is 11.2. The Morgan fingerprint density at radius 3 is 2.60 bits per heavy atom. The first-order valence-electron chi connectivity index (χ1n) is 8.16. The Bertz CT molecular complexity index is 587. The van der Waals surface area contributed by atoms with Crippen LogP contribution in [0.1, 0.15) is 40.0 Å². The number of benzene rings is 1. The number of carbonyl (C=O) groups is 1. The lowest BCUT2D eigenvalue weighted by Gasteiger charge is -2.19. The first-order chi connectivity index (χ1) is 11.7. The molecule has 1 aromatic rings. The van der Waals surface area contributed by atoms with Crippen molar-refractivity contribution in [3.63, 3.8) is 0 Å². The van der Waals surface area contributed by atoms with Gasteiger partial charge in [-0.15, -0.1) is 0 Å². The fraction of sp³-hybridized carbons (Fsp3) is 0.588. The van der Waals surface area contributed by atoms with Crippen molar-refractivity contribution in [3.05, 3.63) is 34.1 Å². The van der Waals surface area contributed by atoms with E-state index >= 15 is 0 Å². The smallest absolute Gasteiger partial charge is 0.332 e. The number of esters is 1. The number of hydrogen-bond donors (Lipinski definition) is 1. The number of nitrogens with zero attached hydrogens (tertiary/aromatic N) is 1. The van der Waals surface area contributed by atoms with E-state index in [2.05, 4.69) is 5.32 Å². The minimum Gasteiger partial charge on any atom is -0.458 e. The second-order valence-electron chi connectivity index (χ2n) is 6.55. The molecule has 0 saturated heterocycles. The van der Waals surface area contributed by atoms with E-state index in [0.717, 1.165) is 31.4 Å². The van der Waals surface area contributed by atoms with Crippen LogP contribution in [-0.4, -0.2) is 36.3 Å². The predicted octanol–water partition coefficient (Wildman–Crippen LogP) is 3.67. The third-order valence-corrected chi connectivity index (χ3v) is 3.08. The molecule has 0 unspecified atom stereocenters. The third-order valence-electron chi connectivity index (χ3n) is 3.08. The van der Waals surface area contributed by atoms with Crippen LogP contribution in [0.4, 0.5) is 15.8 Å². The highest BCUT2D eigenvalue weighted by Gasteiger charge is 2.16. The summed E-state index contributed by atoms with van der Waals surface area (Å²) in [6, 6.07) is 3.73. The van der Waals surface area contributed by atoms with Gasteiger partial charge < -0.3 is 14.8 Å². The average molecular weight is 356 g/mol. The van der Waals surface area contributed by atoms with Crippen LogP contribution in [-0.2, 0) is 14.3 Å². The Balaban J connectivity index is 2.10. The molecule has 0 aliphatic heterocycles. The zero-order valence-electron chi connectivity index (χ0n) is 14.8. The minimum atomic E-state index is -0.856. The summed E-state index contributed by atoms with van der Waals surface area (Å²) < 4.78 is 23.8. The number of carbonyl (C=O) groups excluding carboxylic acids is 1. The molecule has 0 bridgehead atoms. The van der Waals surface area contributed by atoms with Crippen LogP contribution < -0.4 is 5.32 Å². The highest BCUT2D eigenvalue weighted by Crippen LogP contribution is 2.20. The van der Waals surface area contributed by atoms with Crippen LogP contribution in [0.5, 0.6) is 0 Å². The van der Waals surface area contributed by atoms with E-state index in [1.807, 2.05) is 0 Å². The number of rotatable bonds is 10. The number of nitro benzene ring substituents is 1. The SMILES string of the molecule is CC(C)(C)OC(=O)COCCCCCNc1ccc([N+](=O)[O-])c(F)c1. The molecule has 0 aliphatic carbocycles. The molecule has 0 fully saturated rings. The van der Waals surface area contributed by atoms with Crippen molar-refractivity contribution >= 4 is 17.3 Å². The Morgan fingerprint density at radius 1 is 1.28 bits per heavy atom. The van der Waals surface area contributed by atoms with E-state index in [0.29, 0.717) is 18.8 Å². The topological polar surface area (TPSA) is 90.7 Å². The summed E-state index contributed by atoms with van der Waals surface area (Å²) in [7, 11) is 0. The summed E-state index contributed by atoms with van der Waals surface area (Å²) in [5.74, 6) is -1.24. The third kappa shape index (κ3) is 8.99. The molecule has 0 saturated carbocycles. The van der Waals surface area contributed by atoms with Gasteiger partial charge in [-0.3, -0.25) is 10.1 Å². The molecule has 0 atom stereocenters. The summed E-state index contributed by atoms with van der Waals surface area (Å²) >= 11 is 0. The molecule has 0 amide bonds. The van der Waals surface area contributed by atoms with Gasteiger partial charge in [0.1, 0.15) is 12.2 Å². The van der Waals surface area contributed by atoms with Crippen molar-refractivity contribution in [1.29, 1.82) is 0 Å². The van der Waals surface area contributed by atoms with Gasteiger partial charge in [0.15, 0.2) is 0 Å². The van der Waals surface area contributed by atoms with Gasteiger partial charge in [0.05, 0.1) is 4.92 Å². The van der Waals surface area contributed by atoms with Crippen LogP contribution in [0, 0.1) is 15.9 Å². The van der Waals surface area contributed by atoms with Crippen molar-refractivity contribution in [2.45, 2.75) is 45.6 Å². The van der Waals surface area contributed by atoms with E-state index in [1.165, 1.54) is 6.07 Å². The molecule has 0 aliphatic rings. The lowest BCUT2D eigenvalue weighted by Crippen LogP contribution is -2.26. The van der Waals surface area contributed by atoms with Crippen LogP contribution >= 0.6 is 0 Å².